The highest BCUT2D eigenvalue weighted by atomic mass is 35.5. The van der Waals surface area contributed by atoms with Gasteiger partial charge in [-0.05, 0) is 43.9 Å². The summed E-state index contributed by atoms with van der Waals surface area (Å²) in [6.07, 6.45) is 3.43. The number of aryl methyl sites for hydroxylation is 1. The number of anilines is 3. The first-order valence-electron chi connectivity index (χ1n) is 9.62. The van der Waals surface area contributed by atoms with Gasteiger partial charge in [-0.3, -0.25) is 0 Å². The summed E-state index contributed by atoms with van der Waals surface area (Å²) in [7, 11) is 0. The molecule has 2 aliphatic heterocycles. The van der Waals surface area contributed by atoms with Crippen molar-refractivity contribution in [3.8, 4) is 0 Å². The highest BCUT2D eigenvalue weighted by molar-refractivity contribution is 6.31. The van der Waals surface area contributed by atoms with Crippen LogP contribution < -0.4 is 15.5 Å². The number of ether oxygens (including phenoxy) is 1. The van der Waals surface area contributed by atoms with Crippen LogP contribution in [0.2, 0.25) is 5.02 Å². The van der Waals surface area contributed by atoms with Gasteiger partial charge in [-0.25, -0.2) is 4.98 Å². The predicted octanol–water partition coefficient (Wildman–Crippen LogP) is 3.59. The Morgan fingerprint density at radius 1 is 1.11 bits per heavy atom. The molecule has 0 aliphatic carbocycles. The third kappa shape index (κ3) is 3.96. The third-order valence-corrected chi connectivity index (χ3v) is 5.63. The second kappa shape index (κ2) is 7.90. The van der Waals surface area contributed by atoms with Crippen molar-refractivity contribution in [3.05, 3.63) is 40.5 Å². The van der Waals surface area contributed by atoms with E-state index in [-0.39, 0.29) is 6.04 Å². The third-order valence-electron chi connectivity index (χ3n) is 5.31. The number of hydrogen-bond donors (Lipinski definition) is 1. The lowest BCUT2D eigenvalue weighted by molar-refractivity contribution is 0.134. The van der Waals surface area contributed by atoms with E-state index in [0.29, 0.717) is 12.6 Å². The maximum atomic E-state index is 6.74. The van der Waals surface area contributed by atoms with Gasteiger partial charge in [-0.1, -0.05) is 17.7 Å². The Bertz CT molecular complexity index is 789. The number of benzene rings is 1. The Balaban J connectivity index is 1.68. The maximum absolute atomic E-state index is 6.74. The van der Waals surface area contributed by atoms with Crippen LogP contribution in [-0.2, 0) is 4.74 Å². The molecule has 1 atom stereocenters. The van der Waals surface area contributed by atoms with E-state index in [2.05, 4.69) is 38.0 Å². The lowest BCUT2D eigenvalue weighted by atomic mass is 10.0. The monoisotopic (exact) mass is 387 g/mol. The normalized spacial score (nSPS) is 20.7. The van der Waals surface area contributed by atoms with E-state index < -0.39 is 0 Å². The average Bonchev–Trinajstić information content (AvgIpc) is 3.06. The molecule has 1 aromatic carbocycles. The Labute approximate surface area is 165 Å². The Kier molecular flexibility index (Phi) is 5.36. The van der Waals surface area contributed by atoms with E-state index in [1.54, 1.807) is 0 Å². The molecule has 144 valence electrons. The second-order valence-corrected chi connectivity index (χ2v) is 7.67. The summed E-state index contributed by atoms with van der Waals surface area (Å²) in [6, 6.07) is 8.38. The van der Waals surface area contributed by atoms with Gasteiger partial charge in [-0.2, -0.15) is 4.98 Å². The van der Waals surface area contributed by atoms with Crippen LogP contribution >= 0.6 is 11.6 Å². The zero-order valence-electron chi connectivity index (χ0n) is 15.7. The molecule has 2 aromatic rings. The fourth-order valence-electron chi connectivity index (χ4n) is 3.99. The van der Waals surface area contributed by atoms with Gasteiger partial charge in [0.1, 0.15) is 5.82 Å². The van der Waals surface area contributed by atoms with Gasteiger partial charge in [0.15, 0.2) is 0 Å². The Morgan fingerprint density at radius 3 is 2.67 bits per heavy atom. The van der Waals surface area contributed by atoms with Crippen LogP contribution in [0.1, 0.15) is 36.6 Å². The van der Waals surface area contributed by atoms with Crippen LogP contribution in [0.4, 0.5) is 17.5 Å². The van der Waals surface area contributed by atoms with Gasteiger partial charge in [0.2, 0.25) is 5.95 Å². The van der Waals surface area contributed by atoms with Crippen molar-refractivity contribution in [2.24, 2.45) is 0 Å². The number of rotatable bonds is 3. The minimum Gasteiger partial charge on any atom is -0.379 e. The fraction of sp³-hybridized carbons (Fsp3) is 0.500. The molecule has 0 spiro atoms. The van der Waals surface area contributed by atoms with Crippen LogP contribution in [0.15, 0.2) is 24.3 Å². The van der Waals surface area contributed by atoms with Crippen LogP contribution in [0.3, 0.4) is 0 Å². The quantitative estimate of drug-likeness (QED) is 0.868. The summed E-state index contributed by atoms with van der Waals surface area (Å²) >= 11 is 6.74. The number of hydrogen-bond acceptors (Lipinski definition) is 6. The minimum absolute atomic E-state index is 0.00123. The molecule has 27 heavy (non-hydrogen) atoms. The number of nitrogen functional groups attached to an aromatic ring is 1. The van der Waals surface area contributed by atoms with E-state index in [1.807, 2.05) is 13.0 Å². The molecule has 2 aliphatic rings. The number of nitrogens with two attached hydrogens (primary N) is 1. The Hall–Kier alpha value is -2.05. The summed E-state index contributed by atoms with van der Waals surface area (Å²) in [5.74, 6) is 1.12. The first kappa shape index (κ1) is 18.3. The van der Waals surface area contributed by atoms with Crippen LogP contribution in [0.5, 0.6) is 0 Å². The summed E-state index contributed by atoms with van der Waals surface area (Å²) in [5.41, 5.74) is 9.02. The molecule has 4 rings (SSSR count). The molecule has 0 bridgehead atoms. The molecule has 0 saturated carbocycles. The van der Waals surface area contributed by atoms with Crippen molar-refractivity contribution in [2.75, 3.05) is 48.4 Å². The molecule has 3 heterocycles. The van der Waals surface area contributed by atoms with Gasteiger partial charge in [0.05, 0.1) is 12.6 Å². The van der Waals surface area contributed by atoms with Crippen molar-refractivity contribution in [1.82, 2.24) is 9.97 Å². The van der Waals surface area contributed by atoms with Gasteiger partial charge in [-0.15, -0.1) is 0 Å². The summed E-state index contributed by atoms with van der Waals surface area (Å²) in [4.78, 5) is 13.3. The van der Waals surface area contributed by atoms with Gasteiger partial charge in [0.25, 0.3) is 0 Å². The number of halogens is 1. The van der Waals surface area contributed by atoms with Gasteiger partial charge >= 0.3 is 0 Å². The van der Waals surface area contributed by atoms with Crippen molar-refractivity contribution < 1.29 is 4.74 Å². The van der Waals surface area contributed by atoms with Crippen molar-refractivity contribution >= 4 is 29.1 Å². The maximum Gasteiger partial charge on any atom is 0.222 e. The number of aromatic nitrogens is 2. The molecular weight excluding hydrogens is 362 g/mol. The smallest absolute Gasteiger partial charge is 0.222 e. The summed E-state index contributed by atoms with van der Waals surface area (Å²) < 4.78 is 5.87. The molecule has 1 unspecified atom stereocenters. The zero-order chi connectivity index (χ0) is 18.8. The molecule has 1 aromatic heterocycles. The molecule has 2 fully saturated rings. The molecule has 0 radical (unpaired) electrons. The molecule has 0 amide bonds. The van der Waals surface area contributed by atoms with Crippen LogP contribution in [0, 0.1) is 6.92 Å². The molecule has 2 N–H and O–H groups in total. The molecule has 6 nitrogen and oxygen atoms in total. The Morgan fingerprint density at radius 2 is 1.93 bits per heavy atom. The van der Waals surface area contributed by atoms with E-state index in [0.717, 1.165) is 54.8 Å². The summed E-state index contributed by atoms with van der Waals surface area (Å²) in [6.45, 7) is 6.29. The van der Waals surface area contributed by atoms with Crippen molar-refractivity contribution in [2.45, 2.75) is 32.2 Å². The molecular formula is C20H26ClN5O. The summed E-state index contributed by atoms with van der Waals surface area (Å²) in [5, 5.41) is 0.777. The largest absolute Gasteiger partial charge is 0.379 e. The fourth-order valence-corrected chi connectivity index (χ4v) is 4.29. The first-order valence-corrected chi connectivity index (χ1v) is 9.99. The highest BCUT2D eigenvalue weighted by Gasteiger charge is 2.27. The SMILES string of the molecule is Cc1cc(N2CCCOCC2c2ccc(N3CCCC3)cc2Cl)nc(N)n1. The standard InChI is InChI=1S/C20H26ClN5O/c1-14-11-19(24-20(22)23-14)26-9-4-10-27-13-18(26)16-6-5-15(12-17(16)21)25-7-2-3-8-25/h5-6,11-12,18H,2-4,7-10,13H2,1H3,(H2,22,23,24). The van der Waals surface area contributed by atoms with E-state index in [1.165, 1.54) is 18.5 Å². The predicted molar refractivity (Wildman–Crippen MR) is 110 cm³/mol. The van der Waals surface area contributed by atoms with Crippen LogP contribution in [0.25, 0.3) is 0 Å². The van der Waals surface area contributed by atoms with Gasteiger partial charge in [0, 0.05) is 48.7 Å². The average molecular weight is 388 g/mol. The minimum atomic E-state index is 0.00123. The number of nitrogens with zero attached hydrogens (tertiary/aromatic N) is 4. The van der Waals surface area contributed by atoms with E-state index >= 15 is 0 Å². The topological polar surface area (TPSA) is 67.5 Å². The zero-order valence-corrected chi connectivity index (χ0v) is 16.5. The van der Waals surface area contributed by atoms with Crippen LogP contribution in [-0.4, -0.2) is 42.8 Å². The lowest BCUT2D eigenvalue weighted by Crippen LogP contribution is -2.32. The second-order valence-electron chi connectivity index (χ2n) is 7.26. The van der Waals surface area contributed by atoms with E-state index in [4.69, 9.17) is 22.1 Å². The first-order chi connectivity index (χ1) is 13.1. The van der Waals surface area contributed by atoms with E-state index in [9.17, 15) is 0 Å². The van der Waals surface area contributed by atoms with Gasteiger partial charge < -0.3 is 20.3 Å². The molecule has 7 heteroatoms. The molecule has 2 saturated heterocycles. The lowest BCUT2D eigenvalue weighted by Gasteiger charge is -2.32. The highest BCUT2D eigenvalue weighted by Crippen LogP contribution is 2.35. The van der Waals surface area contributed by atoms with Crippen molar-refractivity contribution in [3.63, 3.8) is 0 Å². The van der Waals surface area contributed by atoms with Crippen molar-refractivity contribution in [1.29, 1.82) is 0 Å².